The molecular formula is C50H44ClN5O7S2. The topological polar surface area (TPSA) is 160 Å². The molecule has 0 aliphatic carbocycles. The van der Waals surface area contributed by atoms with Crippen LogP contribution in [0.1, 0.15) is 53.0 Å². The molecule has 12 nitrogen and oxygen atoms in total. The van der Waals surface area contributed by atoms with E-state index in [0.29, 0.717) is 17.1 Å². The Morgan fingerprint density at radius 2 is 1.37 bits per heavy atom. The van der Waals surface area contributed by atoms with Crippen molar-refractivity contribution in [1.82, 2.24) is 15.2 Å². The van der Waals surface area contributed by atoms with Gasteiger partial charge in [0.15, 0.2) is 16.9 Å². The number of benzene rings is 5. The van der Waals surface area contributed by atoms with Gasteiger partial charge in [-0.15, -0.1) is 34.7 Å². The number of carbonyl (C=O) groups is 4. The number of anilines is 1. The zero-order valence-corrected chi connectivity index (χ0v) is 37.5. The summed E-state index contributed by atoms with van der Waals surface area (Å²) in [7, 11) is 0. The number of carboxylic acids is 1. The van der Waals surface area contributed by atoms with Crippen molar-refractivity contribution in [1.29, 1.82) is 0 Å². The van der Waals surface area contributed by atoms with Crippen molar-refractivity contribution >= 4 is 69.3 Å². The average Bonchev–Trinajstić information content (AvgIpc) is 3.82. The van der Waals surface area contributed by atoms with Gasteiger partial charge in [0.25, 0.3) is 11.8 Å². The minimum absolute atomic E-state index is 0.0535. The van der Waals surface area contributed by atoms with Gasteiger partial charge in [0, 0.05) is 17.0 Å². The number of rotatable bonds is 18. The predicted molar refractivity (Wildman–Crippen MR) is 252 cm³/mol. The molecule has 5 aromatic carbocycles. The number of thiazole rings is 1. The molecule has 15 heteroatoms. The third-order valence-electron chi connectivity index (χ3n) is 11.3. The Morgan fingerprint density at radius 3 is 1.86 bits per heavy atom. The first-order valence-electron chi connectivity index (χ1n) is 20.9. The predicted octanol–water partition coefficient (Wildman–Crippen LogP) is 8.60. The van der Waals surface area contributed by atoms with Crippen LogP contribution in [0.4, 0.5) is 5.13 Å². The number of carboxylic acid groups (broad SMARTS) is 1. The number of esters is 1. The zero-order chi connectivity index (χ0) is 45.3. The van der Waals surface area contributed by atoms with Gasteiger partial charge in [-0.1, -0.05) is 164 Å². The quantitative estimate of drug-likeness (QED) is 0.0190. The molecule has 0 bridgehead atoms. The Kier molecular flexibility index (Phi) is 14.1. The normalized spacial score (nSPS) is 16.6. The lowest BCUT2D eigenvalue weighted by Gasteiger charge is -2.49. The van der Waals surface area contributed by atoms with Gasteiger partial charge in [0.2, 0.25) is 0 Å². The second-order valence-corrected chi connectivity index (χ2v) is 17.5. The molecule has 65 heavy (non-hydrogen) atoms. The maximum Gasteiger partial charge on any atom is 0.352 e. The average molecular weight is 927 g/mol. The van der Waals surface area contributed by atoms with Gasteiger partial charge in [-0.2, -0.15) is 0 Å². The molecule has 1 saturated heterocycles. The maximum atomic E-state index is 14.4. The summed E-state index contributed by atoms with van der Waals surface area (Å²) in [4.78, 5) is 65.9. The molecule has 0 radical (unpaired) electrons. The zero-order valence-electron chi connectivity index (χ0n) is 35.1. The van der Waals surface area contributed by atoms with Crippen molar-refractivity contribution < 1.29 is 33.9 Å². The monoisotopic (exact) mass is 925 g/mol. The van der Waals surface area contributed by atoms with Crippen molar-refractivity contribution in [3.05, 3.63) is 202 Å². The molecule has 0 spiro atoms. The number of fused-ring (bicyclic) bond motifs is 1. The number of carbonyl (C=O) groups excluding carboxylic acids is 3. The fraction of sp³-hybridized carbons (Fsp3) is 0.200. The lowest BCUT2D eigenvalue weighted by Crippen LogP contribution is -2.71. The van der Waals surface area contributed by atoms with E-state index in [1.165, 1.54) is 23.1 Å². The minimum Gasteiger partial charge on any atom is -0.477 e. The lowest BCUT2D eigenvalue weighted by atomic mass is 9.77. The van der Waals surface area contributed by atoms with Crippen LogP contribution in [0.25, 0.3) is 0 Å². The number of halogens is 1. The highest BCUT2D eigenvalue weighted by atomic mass is 35.5. The molecule has 2 aliphatic heterocycles. The standard InChI is InChI=1S/C50H44ClN5O7S2/c1-2-32(48(61)63-43(33-18-8-3-9-19-33)34-20-10-4-11-21-34)29-62-55-40(44(57)53-41-45(58)56-42(47(59)60)35(28-51)30-64-46(41)56)39-31-65-49(52-39)54-50(36-22-12-5-13-23-36,37-24-14-6-15-25-37)38-26-16-7-17-27-38/h3-27,31-32,41,43,46H,2,28-30H2,1H3,(H,52,54)(H,53,57)(H,59,60)/t32-,41+,46+/m1/s1. The number of aliphatic carboxylic acids is 1. The molecular weight excluding hydrogens is 882 g/mol. The number of aromatic nitrogens is 1. The molecule has 6 aromatic rings. The highest BCUT2D eigenvalue weighted by molar-refractivity contribution is 8.00. The lowest BCUT2D eigenvalue weighted by molar-refractivity contribution is -0.155. The molecule has 1 aromatic heterocycles. The van der Waals surface area contributed by atoms with Crippen LogP contribution in [0, 0.1) is 5.92 Å². The second-order valence-electron chi connectivity index (χ2n) is 15.2. The first-order valence-corrected chi connectivity index (χ1v) is 23.4. The van der Waals surface area contributed by atoms with Gasteiger partial charge in [0.05, 0.1) is 5.92 Å². The Bertz CT molecular complexity index is 2550. The summed E-state index contributed by atoms with van der Waals surface area (Å²) in [5.74, 6) is -3.73. The summed E-state index contributed by atoms with van der Waals surface area (Å²) in [6.45, 7) is 1.59. The number of thioether (sulfide) groups is 1. The fourth-order valence-corrected chi connectivity index (χ4v) is 10.4. The number of β-lactam (4-membered cyclic amide) rings is 1. The Morgan fingerprint density at radius 1 is 0.846 bits per heavy atom. The molecule has 1 fully saturated rings. The molecule has 0 unspecified atom stereocenters. The second kappa shape index (κ2) is 20.4. The molecule has 8 rings (SSSR count). The van der Waals surface area contributed by atoms with Gasteiger partial charge in [-0.05, 0) is 39.8 Å². The number of nitrogens with zero attached hydrogens (tertiary/aromatic N) is 3. The van der Waals surface area contributed by atoms with Crippen molar-refractivity contribution in [3.8, 4) is 0 Å². The van der Waals surface area contributed by atoms with Crippen LogP contribution >= 0.6 is 34.7 Å². The van der Waals surface area contributed by atoms with Crippen LogP contribution < -0.4 is 10.6 Å². The third-order valence-corrected chi connectivity index (χ3v) is 13.7. The summed E-state index contributed by atoms with van der Waals surface area (Å²) in [5, 5.41) is 22.2. The van der Waals surface area contributed by atoms with Gasteiger partial charge in [0.1, 0.15) is 35.0 Å². The molecule has 330 valence electrons. The van der Waals surface area contributed by atoms with E-state index in [-0.39, 0.29) is 35.3 Å². The number of hydrogen-bond acceptors (Lipinski definition) is 11. The highest BCUT2D eigenvalue weighted by Crippen LogP contribution is 2.42. The van der Waals surface area contributed by atoms with Crippen LogP contribution in [0.15, 0.2) is 173 Å². The maximum absolute atomic E-state index is 14.4. The van der Waals surface area contributed by atoms with E-state index in [9.17, 15) is 24.3 Å². The molecule has 2 aliphatic rings. The van der Waals surface area contributed by atoms with Crippen LogP contribution in [0.2, 0.25) is 0 Å². The Labute approximate surface area is 389 Å². The number of ether oxygens (including phenoxy) is 1. The Balaban J connectivity index is 1.10. The van der Waals surface area contributed by atoms with E-state index < -0.39 is 52.7 Å². The SMILES string of the molecule is CC[C@H](CON=C(C(=O)N[C@H]1C(=O)N2C(C(=O)O)=C(CCl)CS[C@@H]12)c1csc(NC(c2ccccc2)(c2ccccc2)c2ccccc2)n1)C(=O)OC(c1ccccc1)c1ccccc1. The van der Waals surface area contributed by atoms with Crippen molar-refractivity contribution in [2.75, 3.05) is 23.6 Å². The first kappa shape index (κ1) is 44.9. The smallest absolute Gasteiger partial charge is 0.352 e. The van der Waals surface area contributed by atoms with E-state index in [2.05, 4.69) is 15.8 Å². The minimum atomic E-state index is -1.28. The first-order chi connectivity index (χ1) is 31.7. The number of amides is 2. The van der Waals surface area contributed by atoms with Crippen LogP contribution in [-0.2, 0) is 34.3 Å². The number of hydrogen-bond donors (Lipinski definition) is 3. The van der Waals surface area contributed by atoms with E-state index in [0.717, 1.165) is 32.7 Å². The van der Waals surface area contributed by atoms with E-state index >= 15 is 0 Å². The van der Waals surface area contributed by atoms with Gasteiger partial charge >= 0.3 is 11.9 Å². The van der Waals surface area contributed by atoms with Crippen LogP contribution in [-0.4, -0.2) is 74.1 Å². The van der Waals surface area contributed by atoms with Crippen molar-refractivity contribution in [2.45, 2.75) is 36.4 Å². The largest absolute Gasteiger partial charge is 0.477 e. The molecule has 2 amide bonds. The molecule has 3 atom stereocenters. The summed E-state index contributed by atoms with van der Waals surface area (Å²) >= 11 is 8.60. The molecule has 3 heterocycles. The highest BCUT2D eigenvalue weighted by Gasteiger charge is 2.54. The van der Waals surface area contributed by atoms with Crippen molar-refractivity contribution in [3.63, 3.8) is 0 Å². The van der Waals surface area contributed by atoms with Crippen LogP contribution in [0.3, 0.4) is 0 Å². The summed E-state index contributed by atoms with van der Waals surface area (Å²) in [5.41, 5.74) is 3.60. The fourth-order valence-electron chi connectivity index (χ4n) is 7.92. The van der Waals surface area contributed by atoms with Gasteiger partial charge in [-0.25, -0.2) is 9.78 Å². The van der Waals surface area contributed by atoms with E-state index in [1.54, 1.807) is 5.38 Å². The number of alkyl halides is 1. The third kappa shape index (κ3) is 9.42. The Hall–Kier alpha value is -6.74. The summed E-state index contributed by atoms with van der Waals surface area (Å²) in [6.07, 6.45) is -0.333. The molecule has 0 saturated carbocycles. The van der Waals surface area contributed by atoms with Crippen molar-refractivity contribution in [2.24, 2.45) is 11.1 Å². The summed E-state index contributed by atoms with van der Waals surface area (Å²) < 4.78 is 6.14. The molecule has 3 N–H and O–H groups in total. The van der Waals surface area contributed by atoms with Crippen LogP contribution in [0.5, 0.6) is 0 Å². The number of nitrogens with one attached hydrogen (secondary N) is 2. The summed E-state index contributed by atoms with van der Waals surface area (Å²) in [6, 6.07) is 47.7. The van der Waals surface area contributed by atoms with E-state index in [4.69, 9.17) is 26.2 Å². The number of oxime groups is 1. The van der Waals surface area contributed by atoms with E-state index in [1.807, 2.05) is 159 Å². The van der Waals surface area contributed by atoms with Gasteiger partial charge < -0.3 is 25.3 Å². The van der Waals surface area contributed by atoms with Gasteiger partial charge in [-0.3, -0.25) is 19.3 Å².